The Morgan fingerprint density at radius 3 is 2.44 bits per heavy atom. The van der Waals surface area contributed by atoms with Crippen LogP contribution in [0.2, 0.25) is 0 Å². The fourth-order valence-electron chi connectivity index (χ4n) is 3.09. The van der Waals surface area contributed by atoms with Crippen LogP contribution < -0.4 is 9.64 Å². The van der Waals surface area contributed by atoms with Crippen molar-refractivity contribution >= 4 is 23.1 Å². The first-order valence-corrected chi connectivity index (χ1v) is 8.01. The van der Waals surface area contributed by atoms with Gasteiger partial charge in [0.05, 0.1) is 23.6 Å². The SMILES string of the molecule is COc1cccc(N2C(=O)C(O)=C(C(C)=O)[C@@H]2c2ccc([N+](=O)[O-])cc2)c1. The number of aliphatic hydroxyl groups is 1. The van der Waals surface area contributed by atoms with E-state index in [-0.39, 0.29) is 11.3 Å². The largest absolute Gasteiger partial charge is 0.503 e. The number of rotatable bonds is 5. The number of anilines is 1. The highest BCUT2D eigenvalue weighted by Gasteiger charge is 2.43. The number of hydrogen-bond acceptors (Lipinski definition) is 6. The molecule has 2 aromatic rings. The number of amides is 1. The molecule has 3 rings (SSSR count). The van der Waals surface area contributed by atoms with E-state index in [9.17, 15) is 24.8 Å². The standard InChI is InChI=1S/C19H16N2O6/c1-11(22)16-17(12-6-8-13(9-7-12)21(25)26)20(19(24)18(16)23)14-4-3-5-15(10-14)27-2/h3-10,17,23H,1-2H3/t17-/m0/s1. The predicted octanol–water partition coefficient (Wildman–Crippen LogP) is 3.09. The molecule has 0 spiro atoms. The second-order valence-electron chi connectivity index (χ2n) is 5.95. The Kier molecular flexibility index (Phi) is 4.64. The van der Waals surface area contributed by atoms with Gasteiger partial charge in [0.15, 0.2) is 11.5 Å². The van der Waals surface area contributed by atoms with Gasteiger partial charge in [-0.3, -0.25) is 24.6 Å². The van der Waals surface area contributed by atoms with Gasteiger partial charge in [0, 0.05) is 23.9 Å². The van der Waals surface area contributed by atoms with Crippen molar-refractivity contribution in [3.05, 3.63) is 75.5 Å². The molecule has 1 atom stereocenters. The van der Waals surface area contributed by atoms with Gasteiger partial charge >= 0.3 is 0 Å². The van der Waals surface area contributed by atoms with Crippen LogP contribution in [0.15, 0.2) is 59.9 Å². The summed E-state index contributed by atoms with van der Waals surface area (Å²) in [4.78, 5) is 36.5. The summed E-state index contributed by atoms with van der Waals surface area (Å²) in [7, 11) is 1.48. The third-order valence-electron chi connectivity index (χ3n) is 4.34. The third-order valence-corrected chi connectivity index (χ3v) is 4.34. The topological polar surface area (TPSA) is 110 Å². The lowest BCUT2D eigenvalue weighted by molar-refractivity contribution is -0.384. The Bertz CT molecular complexity index is 964. The molecular formula is C19H16N2O6. The number of nitro benzene ring substituents is 1. The molecular weight excluding hydrogens is 352 g/mol. The maximum atomic E-state index is 12.7. The summed E-state index contributed by atoms with van der Waals surface area (Å²) in [5.74, 6) is -1.32. The molecule has 138 valence electrons. The average molecular weight is 368 g/mol. The highest BCUT2D eigenvalue weighted by molar-refractivity contribution is 6.16. The number of nitro groups is 1. The maximum Gasteiger partial charge on any atom is 0.294 e. The molecule has 0 saturated heterocycles. The van der Waals surface area contributed by atoms with Gasteiger partial charge in [0.1, 0.15) is 5.75 Å². The van der Waals surface area contributed by atoms with E-state index in [4.69, 9.17) is 4.74 Å². The molecule has 0 radical (unpaired) electrons. The van der Waals surface area contributed by atoms with Crippen LogP contribution in [0.3, 0.4) is 0 Å². The van der Waals surface area contributed by atoms with Crippen molar-refractivity contribution < 1.29 is 24.4 Å². The van der Waals surface area contributed by atoms with E-state index < -0.39 is 28.4 Å². The van der Waals surface area contributed by atoms with Gasteiger partial charge in [0.2, 0.25) is 0 Å². The van der Waals surface area contributed by atoms with Crippen molar-refractivity contribution in [1.82, 2.24) is 0 Å². The summed E-state index contributed by atoms with van der Waals surface area (Å²) in [6, 6.07) is 11.2. The molecule has 1 amide bonds. The summed E-state index contributed by atoms with van der Waals surface area (Å²) in [6.45, 7) is 1.26. The highest BCUT2D eigenvalue weighted by Crippen LogP contribution is 2.41. The van der Waals surface area contributed by atoms with E-state index in [1.807, 2.05) is 0 Å². The summed E-state index contributed by atoms with van der Waals surface area (Å²) < 4.78 is 5.18. The van der Waals surface area contributed by atoms with Crippen molar-refractivity contribution in [1.29, 1.82) is 0 Å². The quantitative estimate of drug-likeness (QED) is 0.641. The number of Topliss-reactive ketones (excluding diaryl/α,β-unsaturated/α-hetero) is 1. The van der Waals surface area contributed by atoms with Gasteiger partial charge in [-0.1, -0.05) is 6.07 Å². The minimum absolute atomic E-state index is 0.0586. The van der Waals surface area contributed by atoms with E-state index in [1.54, 1.807) is 24.3 Å². The Morgan fingerprint density at radius 1 is 1.22 bits per heavy atom. The van der Waals surface area contributed by atoms with Gasteiger partial charge in [-0.2, -0.15) is 0 Å². The number of nitrogens with zero attached hydrogens (tertiary/aromatic N) is 2. The fourth-order valence-corrected chi connectivity index (χ4v) is 3.09. The molecule has 1 aliphatic rings. The summed E-state index contributed by atoms with van der Waals surface area (Å²) in [5, 5.41) is 21.2. The first-order valence-electron chi connectivity index (χ1n) is 8.01. The predicted molar refractivity (Wildman–Crippen MR) is 96.7 cm³/mol. The number of ketones is 1. The second kappa shape index (κ2) is 6.91. The van der Waals surface area contributed by atoms with Crippen molar-refractivity contribution in [2.75, 3.05) is 12.0 Å². The molecule has 0 fully saturated rings. The van der Waals surface area contributed by atoms with Crippen LogP contribution in [0, 0.1) is 10.1 Å². The van der Waals surface area contributed by atoms with E-state index in [0.717, 1.165) is 0 Å². The zero-order chi connectivity index (χ0) is 19.7. The first-order chi connectivity index (χ1) is 12.8. The van der Waals surface area contributed by atoms with Crippen LogP contribution in [0.4, 0.5) is 11.4 Å². The molecule has 0 saturated carbocycles. The molecule has 0 aromatic heterocycles. The van der Waals surface area contributed by atoms with E-state index in [2.05, 4.69) is 0 Å². The smallest absolute Gasteiger partial charge is 0.294 e. The minimum atomic E-state index is -0.900. The Balaban J connectivity index is 2.15. The number of ether oxygens (including phenoxy) is 1. The van der Waals surface area contributed by atoms with E-state index in [1.165, 1.54) is 43.2 Å². The van der Waals surface area contributed by atoms with Crippen LogP contribution >= 0.6 is 0 Å². The normalized spacial score (nSPS) is 16.6. The minimum Gasteiger partial charge on any atom is -0.503 e. The Morgan fingerprint density at radius 2 is 1.89 bits per heavy atom. The van der Waals surface area contributed by atoms with Crippen molar-refractivity contribution in [3.8, 4) is 5.75 Å². The lowest BCUT2D eigenvalue weighted by atomic mass is 9.96. The molecule has 1 N–H and O–H groups in total. The lowest BCUT2D eigenvalue weighted by Gasteiger charge is -2.26. The maximum absolute atomic E-state index is 12.7. The number of carbonyl (C=O) groups excluding carboxylic acids is 2. The van der Waals surface area contributed by atoms with Gasteiger partial charge < -0.3 is 9.84 Å². The van der Waals surface area contributed by atoms with Gasteiger partial charge in [-0.25, -0.2) is 0 Å². The van der Waals surface area contributed by atoms with Crippen molar-refractivity contribution in [2.45, 2.75) is 13.0 Å². The number of benzene rings is 2. The van der Waals surface area contributed by atoms with Crippen molar-refractivity contribution in [2.24, 2.45) is 0 Å². The number of aliphatic hydroxyl groups excluding tert-OH is 1. The number of hydrogen-bond donors (Lipinski definition) is 1. The molecule has 0 unspecified atom stereocenters. The summed E-state index contributed by atoms with van der Waals surface area (Å²) in [5.41, 5.74) is 0.710. The first kappa shape index (κ1) is 18.1. The molecule has 2 aromatic carbocycles. The van der Waals surface area contributed by atoms with E-state index >= 15 is 0 Å². The monoisotopic (exact) mass is 368 g/mol. The Labute approximate surface area is 154 Å². The fraction of sp³-hybridized carbons (Fsp3) is 0.158. The molecule has 27 heavy (non-hydrogen) atoms. The van der Waals surface area contributed by atoms with E-state index in [0.29, 0.717) is 17.0 Å². The molecule has 1 heterocycles. The zero-order valence-electron chi connectivity index (χ0n) is 14.6. The van der Waals surface area contributed by atoms with Crippen LogP contribution in [0.25, 0.3) is 0 Å². The number of non-ortho nitro benzene ring substituents is 1. The van der Waals surface area contributed by atoms with Crippen LogP contribution in [-0.2, 0) is 9.59 Å². The van der Waals surface area contributed by atoms with Gasteiger partial charge in [0.25, 0.3) is 11.6 Å². The second-order valence-corrected chi connectivity index (χ2v) is 5.95. The molecule has 0 bridgehead atoms. The van der Waals surface area contributed by atoms with Gasteiger partial charge in [-0.15, -0.1) is 0 Å². The zero-order valence-corrected chi connectivity index (χ0v) is 14.6. The van der Waals surface area contributed by atoms with Gasteiger partial charge in [-0.05, 0) is 36.8 Å². The van der Waals surface area contributed by atoms with Crippen molar-refractivity contribution in [3.63, 3.8) is 0 Å². The average Bonchev–Trinajstić information content (AvgIpc) is 2.93. The van der Waals surface area contributed by atoms with Crippen LogP contribution in [0.5, 0.6) is 5.75 Å². The molecule has 8 nitrogen and oxygen atoms in total. The Hall–Kier alpha value is -3.68. The summed E-state index contributed by atoms with van der Waals surface area (Å²) >= 11 is 0. The van der Waals surface area contributed by atoms with Crippen LogP contribution in [0.1, 0.15) is 18.5 Å². The third kappa shape index (κ3) is 3.12. The summed E-state index contributed by atoms with van der Waals surface area (Å²) in [6.07, 6.45) is 0. The highest BCUT2D eigenvalue weighted by atomic mass is 16.6. The molecule has 0 aliphatic carbocycles. The lowest BCUT2D eigenvalue weighted by Crippen LogP contribution is -2.30. The van der Waals surface area contributed by atoms with Crippen LogP contribution in [-0.4, -0.2) is 28.8 Å². The number of carbonyl (C=O) groups is 2. The molecule has 1 aliphatic heterocycles. The number of methoxy groups -OCH3 is 1. The molecule has 8 heteroatoms.